The van der Waals surface area contributed by atoms with Gasteiger partial charge in [-0.25, -0.2) is 0 Å². The minimum Gasteiger partial charge on any atom is -0.394 e. The molecular weight excluding hydrogens is 836 g/mol. The summed E-state index contributed by atoms with van der Waals surface area (Å²) in [4.78, 5) is 0. The van der Waals surface area contributed by atoms with Crippen LogP contribution < -0.4 is 0 Å². The largest absolute Gasteiger partial charge is 0.394 e. The van der Waals surface area contributed by atoms with Crippen molar-refractivity contribution in [2.45, 2.75) is 217 Å². The van der Waals surface area contributed by atoms with Gasteiger partial charge in [0.2, 0.25) is 0 Å². The summed E-state index contributed by atoms with van der Waals surface area (Å²) < 4.78 is 36.5. The third kappa shape index (κ3) is 8.60. The molecule has 1 unspecified atom stereocenters. The van der Waals surface area contributed by atoms with Crippen LogP contribution in [0.2, 0.25) is 0 Å². The predicted molar refractivity (Wildman–Crippen MR) is 228 cm³/mol. The SMILES string of the molecule is CC(C)=CCCC(C)(O[C@@H]1O[C@H](CO[C@@H]2OC[C@H](O)[C@H](O)[C@H]2O)[C@@H](O)[C@H](O)[C@H]1O)[C@H]1CC[C@]2(C)[C@@H]1[C@H](O)C[C@@H]1[C@@]3(C)CC[C@H](O[C@@H]4O[C@H](CO)[C@@H](O)[C@H](O)[C@H]4O)C(C)(C)[C@@H]3CC[C@]12C. The Hall–Kier alpha value is -0.940. The Kier molecular flexibility index (Phi) is 14.9. The molecule has 11 N–H and O–H groups in total. The average Bonchev–Trinajstić information content (AvgIpc) is 3.62. The first-order chi connectivity index (χ1) is 29.9. The summed E-state index contributed by atoms with van der Waals surface area (Å²) in [5, 5.41) is 118. The fraction of sp³-hybridized carbons (Fsp3) is 0.957. The molecule has 3 saturated heterocycles. The highest BCUT2D eigenvalue weighted by Gasteiger charge is 2.72. The van der Waals surface area contributed by atoms with Crippen LogP contribution >= 0.6 is 0 Å². The molecule has 0 bridgehead atoms. The maximum Gasteiger partial charge on any atom is 0.187 e. The molecule has 7 fully saturated rings. The molecule has 0 amide bonds. The van der Waals surface area contributed by atoms with Gasteiger partial charge in [-0.2, -0.15) is 0 Å². The lowest BCUT2D eigenvalue weighted by atomic mass is 9.35. The summed E-state index contributed by atoms with van der Waals surface area (Å²) in [6.45, 7) is 16.3. The van der Waals surface area contributed by atoms with E-state index < -0.39 is 116 Å². The first-order valence-corrected chi connectivity index (χ1v) is 23.8. The lowest BCUT2D eigenvalue weighted by Gasteiger charge is -2.71. The lowest BCUT2D eigenvalue weighted by molar-refractivity contribution is -0.346. The molecule has 3 aliphatic heterocycles. The van der Waals surface area contributed by atoms with Crippen molar-refractivity contribution in [3.8, 4) is 0 Å². The zero-order valence-electron chi connectivity index (χ0n) is 39.0. The predicted octanol–water partition coefficient (Wildman–Crippen LogP) is 0.612. The monoisotopic (exact) mass is 917 g/mol. The average molecular weight is 917 g/mol. The summed E-state index contributed by atoms with van der Waals surface area (Å²) in [5.41, 5.74) is -0.948. The van der Waals surface area contributed by atoms with E-state index in [2.05, 4.69) is 40.7 Å². The van der Waals surface area contributed by atoms with E-state index in [-0.39, 0.29) is 52.6 Å². The van der Waals surface area contributed by atoms with E-state index >= 15 is 0 Å². The van der Waals surface area contributed by atoms with Gasteiger partial charge in [-0.3, -0.25) is 0 Å². The molecule has 64 heavy (non-hydrogen) atoms. The van der Waals surface area contributed by atoms with Crippen LogP contribution in [-0.4, -0.2) is 180 Å². The van der Waals surface area contributed by atoms with Crippen molar-refractivity contribution in [1.82, 2.24) is 0 Å². The van der Waals surface area contributed by atoms with Crippen LogP contribution in [0, 0.1) is 45.3 Å². The van der Waals surface area contributed by atoms with Gasteiger partial charge >= 0.3 is 0 Å². The number of aliphatic hydroxyl groups excluding tert-OH is 11. The second kappa shape index (κ2) is 18.8. The molecule has 7 rings (SSSR count). The van der Waals surface area contributed by atoms with Crippen molar-refractivity contribution in [1.29, 1.82) is 0 Å². The first kappa shape index (κ1) is 50.9. The van der Waals surface area contributed by atoms with Crippen LogP contribution in [0.25, 0.3) is 0 Å². The number of ether oxygens (including phenoxy) is 6. The van der Waals surface area contributed by atoms with E-state index in [9.17, 15) is 56.2 Å². The van der Waals surface area contributed by atoms with Crippen molar-refractivity contribution >= 4 is 0 Å². The van der Waals surface area contributed by atoms with Gasteiger partial charge < -0.3 is 84.6 Å². The maximum atomic E-state index is 12.7. The second-order valence-electron chi connectivity index (χ2n) is 22.5. The molecule has 4 saturated carbocycles. The van der Waals surface area contributed by atoms with Gasteiger partial charge in [-0.1, -0.05) is 46.3 Å². The van der Waals surface area contributed by atoms with E-state index in [0.29, 0.717) is 25.7 Å². The summed E-state index contributed by atoms with van der Waals surface area (Å²) in [7, 11) is 0. The molecule has 4 aliphatic carbocycles. The number of fused-ring (bicyclic) bond motifs is 5. The van der Waals surface area contributed by atoms with Gasteiger partial charge in [0.05, 0.1) is 37.6 Å². The molecule has 7 aliphatic rings. The van der Waals surface area contributed by atoms with Crippen LogP contribution in [0.4, 0.5) is 0 Å². The van der Waals surface area contributed by atoms with Gasteiger partial charge in [0, 0.05) is 0 Å². The van der Waals surface area contributed by atoms with Gasteiger partial charge in [0.15, 0.2) is 18.9 Å². The molecule has 0 radical (unpaired) electrons. The van der Waals surface area contributed by atoms with E-state index in [4.69, 9.17) is 28.4 Å². The molecular formula is C47H80O17. The second-order valence-corrected chi connectivity index (χ2v) is 22.5. The number of rotatable bonds is 12. The Morgan fingerprint density at radius 2 is 1.28 bits per heavy atom. The highest BCUT2D eigenvalue weighted by Crippen LogP contribution is 2.76. The molecule has 0 aromatic carbocycles. The van der Waals surface area contributed by atoms with Crippen molar-refractivity contribution in [3.63, 3.8) is 0 Å². The van der Waals surface area contributed by atoms with Crippen molar-refractivity contribution in [2.24, 2.45) is 45.3 Å². The summed E-state index contributed by atoms with van der Waals surface area (Å²) in [6.07, 6.45) is -12.4. The minimum absolute atomic E-state index is 0.149. The zero-order chi connectivity index (χ0) is 47.1. The highest BCUT2D eigenvalue weighted by atomic mass is 16.7. The third-order valence-electron chi connectivity index (χ3n) is 18.4. The van der Waals surface area contributed by atoms with Crippen molar-refractivity contribution < 1.29 is 84.6 Å². The number of allylic oxidation sites excluding steroid dienone is 2. The normalized spacial score (nSPS) is 52.5. The fourth-order valence-electron chi connectivity index (χ4n) is 14.5. The van der Waals surface area contributed by atoms with Gasteiger partial charge in [0.1, 0.15) is 67.1 Å². The maximum absolute atomic E-state index is 12.7. The third-order valence-corrected chi connectivity index (χ3v) is 18.4. The van der Waals surface area contributed by atoms with Gasteiger partial charge in [-0.05, 0) is 124 Å². The highest BCUT2D eigenvalue weighted by molar-refractivity contribution is 5.20. The van der Waals surface area contributed by atoms with Gasteiger partial charge in [-0.15, -0.1) is 0 Å². The Labute approximate surface area is 377 Å². The quantitative estimate of drug-likeness (QED) is 0.0946. The molecule has 24 atom stereocenters. The van der Waals surface area contributed by atoms with Crippen molar-refractivity contribution in [3.05, 3.63) is 11.6 Å². The fourth-order valence-corrected chi connectivity index (χ4v) is 14.5. The van der Waals surface area contributed by atoms with E-state index in [0.717, 1.165) is 37.7 Å². The summed E-state index contributed by atoms with van der Waals surface area (Å²) >= 11 is 0. The molecule has 17 nitrogen and oxygen atoms in total. The number of aliphatic hydroxyl groups is 11. The van der Waals surface area contributed by atoms with Crippen LogP contribution in [-0.2, 0) is 28.4 Å². The summed E-state index contributed by atoms with van der Waals surface area (Å²) in [5.74, 6) is -0.0478. The van der Waals surface area contributed by atoms with E-state index in [1.807, 2.05) is 20.8 Å². The van der Waals surface area contributed by atoms with E-state index in [1.165, 1.54) is 0 Å². The Morgan fingerprint density at radius 1 is 0.672 bits per heavy atom. The Balaban J connectivity index is 1.11. The molecule has 0 aromatic heterocycles. The zero-order valence-corrected chi connectivity index (χ0v) is 39.0. The van der Waals surface area contributed by atoms with Crippen LogP contribution in [0.3, 0.4) is 0 Å². The van der Waals surface area contributed by atoms with Crippen LogP contribution in [0.1, 0.15) is 113 Å². The smallest absolute Gasteiger partial charge is 0.187 e. The molecule has 0 aromatic rings. The Morgan fingerprint density at radius 3 is 1.94 bits per heavy atom. The summed E-state index contributed by atoms with van der Waals surface area (Å²) in [6, 6.07) is 0. The Bertz CT molecular complexity index is 1630. The molecule has 370 valence electrons. The molecule has 17 heteroatoms. The minimum atomic E-state index is -1.68. The first-order valence-electron chi connectivity index (χ1n) is 23.8. The number of hydrogen-bond acceptors (Lipinski definition) is 17. The van der Waals surface area contributed by atoms with E-state index in [1.54, 1.807) is 0 Å². The van der Waals surface area contributed by atoms with Crippen LogP contribution in [0.15, 0.2) is 11.6 Å². The lowest BCUT2D eigenvalue weighted by Crippen LogP contribution is -2.67. The van der Waals surface area contributed by atoms with Gasteiger partial charge in [0.25, 0.3) is 0 Å². The van der Waals surface area contributed by atoms with Crippen molar-refractivity contribution in [2.75, 3.05) is 19.8 Å². The standard InChI is InChI=1S/C47H80O17/c1-22(2)10-9-14-47(8,64-42-39(58)36(55)34(53)27(62-42)21-60-40-37(56)32(51)25(50)20-59-40)23-11-16-46(7)31(23)24(49)18-29-44(5)15-13-30(43(3,4)28(44)12-17-45(29,46)6)63-41-38(57)35(54)33(52)26(19-48)61-41/h10,23-42,48-58H,9,11-21H2,1-8H3/t23-,24+,25-,26+,27+,28-,29+,30-,31-,32-,33+,34+,35-,36-,37+,38+,39+,40-,41-,42-,44-,45+,46+,47?/m0/s1. The topological polar surface area (TPSA) is 278 Å². The van der Waals surface area contributed by atoms with Crippen LogP contribution in [0.5, 0.6) is 0 Å². The number of hydrogen-bond donors (Lipinski definition) is 11. The molecule has 0 spiro atoms. The molecule has 3 heterocycles.